The van der Waals surface area contributed by atoms with Crippen molar-refractivity contribution in [2.24, 2.45) is 5.92 Å². The fourth-order valence-corrected chi connectivity index (χ4v) is 4.30. The standard InChI is InChI=1S/C19H21F2NO4S/c1-12(2)19(13-4-5-17-18(8-13)26-7-3-6-25-17)22-27(23,24)16-10-14(20)9-15(21)11-16/h4-5,8-12,19,22H,3,6-7H2,1-2H3/t19-/m1/s1. The zero-order valence-corrected chi connectivity index (χ0v) is 15.9. The van der Waals surface area contributed by atoms with Crippen molar-refractivity contribution >= 4 is 10.0 Å². The summed E-state index contributed by atoms with van der Waals surface area (Å²) >= 11 is 0. The van der Waals surface area contributed by atoms with Crippen molar-refractivity contribution in [2.45, 2.75) is 31.2 Å². The van der Waals surface area contributed by atoms with Gasteiger partial charge in [-0.3, -0.25) is 0 Å². The van der Waals surface area contributed by atoms with Crippen LogP contribution in [0.15, 0.2) is 41.3 Å². The summed E-state index contributed by atoms with van der Waals surface area (Å²) in [4.78, 5) is -0.458. The molecule has 146 valence electrons. The van der Waals surface area contributed by atoms with Crippen LogP contribution in [0.5, 0.6) is 11.5 Å². The van der Waals surface area contributed by atoms with Gasteiger partial charge < -0.3 is 9.47 Å². The Hall–Kier alpha value is -2.19. The minimum Gasteiger partial charge on any atom is -0.490 e. The van der Waals surface area contributed by atoms with Crippen LogP contribution in [-0.2, 0) is 10.0 Å². The van der Waals surface area contributed by atoms with Crippen LogP contribution in [0, 0.1) is 17.6 Å². The summed E-state index contributed by atoms with van der Waals surface area (Å²) in [7, 11) is -4.13. The molecule has 0 amide bonds. The molecule has 0 saturated carbocycles. The highest BCUT2D eigenvalue weighted by Crippen LogP contribution is 2.34. The van der Waals surface area contributed by atoms with Crippen LogP contribution in [0.4, 0.5) is 8.78 Å². The van der Waals surface area contributed by atoms with E-state index in [0.717, 1.165) is 18.6 Å². The van der Waals surface area contributed by atoms with Gasteiger partial charge in [0.2, 0.25) is 10.0 Å². The van der Waals surface area contributed by atoms with Crippen LogP contribution in [0.2, 0.25) is 0 Å². The van der Waals surface area contributed by atoms with E-state index in [1.807, 2.05) is 13.8 Å². The highest BCUT2D eigenvalue weighted by molar-refractivity contribution is 7.89. The minimum atomic E-state index is -4.13. The normalized spacial score (nSPS) is 15.4. The van der Waals surface area contributed by atoms with Crippen molar-refractivity contribution in [1.29, 1.82) is 0 Å². The first-order valence-corrected chi connectivity index (χ1v) is 10.1. The largest absolute Gasteiger partial charge is 0.490 e. The van der Waals surface area contributed by atoms with Gasteiger partial charge in [0.15, 0.2) is 11.5 Å². The lowest BCUT2D eigenvalue weighted by molar-refractivity contribution is 0.297. The van der Waals surface area contributed by atoms with Gasteiger partial charge in [0, 0.05) is 18.5 Å². The third-order valence-corrected chi connectivity index (χ3v) is 5.65. The number of ether oxygens (including phenoxy) is 2. The molecule has 1 N–H and O–H groups in total. The first-order valence-electron chi connectivity index (χ1n) is 8.64. The maximum absolute atomic E-state index is 13.4. The molecule has 3 rings (SSSR count). The van der Waals surface area contributed by atoms with E-state index in [1.165, 1.54) is 0 Å². The summed E-state index contributed by atoms with van der Waals surface area (Å²) in [6, 6.07) is 6.82. The lowest BCUT2D eigenvalue weighted by atomic mass is 9.97. The van der Waals surface area contributed by atoms with Crippen LogP contribution in [-0.4, -0.2) is 21.6 Å². The van der Waals surface area contributed by atoms with E-state index < -0.39 is 32.6 Å². The minimum absolute atomic E-state index is 0.122. The second-order valence-corrected chi connectivity index (χ2v) is 8.42. The number of rotatable bonds is 5. The molecular formula is C19H21F2NO4S. The molecule has 0 unspecified atom stereocenters. The average molecular weight is 397 g/mol. The number of fused-ring (bicyclic) bond motifs is 1. The molecule has 27 heavy (non-hydrogen) atoms. The Labute approximate surface area is 157 Å². The van der Waals surface area contributed by atoms with E-state index in [2.05, 4.69) is 4.72 Å². The van der Waals surface area contributed by atoms with Crippen molar-refractivity contribution in [3.05, 3.63) is 53.6 Å². The van der Waals surface area contributed by atoms with Crippen LogP contribution in [0.3, 0.4) is 0 Å². The van der Waals surface area contributed by atoms with Crippen LogP contribution in [0.25, 0.3) is 0 Å². The molecule has 0 aliphatic carbocycles. The highest BCUT2D eigenvalue weighted by Gasteiger charge is 2.26. The first kappa shape index (κ1) is 19.6. The molecule has 1 aliphatic rings. The second kappa shape index (κ2) is 7.82. The molecule has 2 aromatic rings. The number of hydrogen-bond donors (Lipinski definition) is 1. The summed E-state index contributed by atoms with van der Waals surface area (Å²) in [6.45, 7) is 4.76. The van der Waals surface area contributed by atoms with Gasteiger partial charge in [0.05, 0.1) is 18.1 Å². The molecule has 5 nitrogen and oxygen atoms in total. The Morgan fingerprint density at radius 2 is 1.59 bits per heavy atom. The number of sulfonamides is 1. The van der Waals surface area contributed by atoms with Gasteiger partial charge in [-0.15, -0.1) is 0 Å². The van der Waals surface area contributed by atoms with Crippen LogP contribution in [0.1, 0.15) is 31.9 Å². The summed E-state index contributed by atoms with van der Waals surface area (Å²) in [5, 5.41) is 0. The molecule has 0 bridgehead atoms. The zero-order valence-electron chi connectivity index (χ0n) is 15.0. The number of halogens is 2. The van der Waals surface area contributed by atoms with Gasteiger partial charge in [-0.25, -0.2) is 21.9 Å². The lowest BCUT2D eigenvalue weighted by Crippen LogP contribution is -2.32. The Morgan fingerprint density at radius 3 is 2.22 bits per heavy atom. The van der Waals surface area contributed by atoms with Gasteiger partial charge >= 0.3 is 0 Å². The van der Waals surface area contributed by atoms with Gasteiger partial charge in [0.1, 0.15) is 11.6 Å². The van der Waals surface area contributed by atoms with Gasteiger partial charge in [-0.2, -0.15) is 0 Å². The Morgan fingerprint density at radius 1 is 0.963 bits per heavy atom. The molecule has 0 aromatic heterocycles. The van der Waals surface area contributed by atoms with Crippen LogP contribution < -0.4 is 14.2 Å². The smallest absolute Gasteiger partial charge is 0.241 e. The molecule has 0 fully saturated rings. The van der Waals surface area contributed by atoms with E-state index in [1.54, 1.807) is 18.2 Å². The van der Waals surface area contributed by atoms with Crippen molar-refractivity contribution in [2.75, 3.05) is 13.2 Å². The number of hydrogen-bond acceptors (Lipinski definition) is 4. The summed E-state index contributed by atoms with van der Waals surface area (Å²) < 4.78 is 66.0. The van der Waals surface area contributed by atoms with Crippen molar-refractivity contribution in [3.8, 4) is 11.5 Å². The molecule has 2 aromatic carbocycles. The van der Waals surface area contributed by atoms with Crippen molar-refractivity contribution in [3.63, 3.8) is 0 Å². The third-order valence-electron chi connectivity index (χ3n) is 4.23. The SMILES string of the molecule is CC(C)[C@@H](NS(=O)(=O)c1cc(F)cc(F)c1)c1ccc2c(c1)OCCCO2. The van der Waals surface area contributed by atoms with E-state index in [-0.39, 0.29) is 5.92 Å². The maximum Gasteiger partial charge on any atom is 0.241 e. The molecule has 0 spiro atoms. The highest BCUT2D eigenvalue weighted by atomic mass is 32.2. The topological polar surface area (TPSA) is 64.6 Å². The molecule has 0 saturated heterocycles. The molecule has 0 radical (unpaired) electrons. The van der Waals surface area contributed by atoms with Crippen molar-refractivity contribution in [1.82, 2.24) is 4.72 Å². The predicted octanol–water partition coefficient (Wildman–Crippen LogP) is 3.80. The Balaban J connectivity index is 1.93. The van der Waals surface area contributed by atoms with Gasteiger partial charge in [-0.05, 0) is 35.7 Å². The Bertz CT molecular complexity index is 911. The molecule has 1 atom stereocenters. The number of benzene rings is 2. The van der Waals surface area contributed by atoms with Gasteiger partial charge in [-0.1, -0.05) is 19.9 Å². The van der Waals surface area contributed by atoms with Gasteiger partial charge in [0.25, 0.3) is 0 Å². The van der Waals surface area contributed by atoms with E-state index >= 15 is 0 Å². The van der Waals surface area contributed by atoms with Crippen LogP contribution >= 0.6 is 0 Å². The van der Waals surface area contributed by atoms with E-state index in [0.29, 0.717) is 36.3 Å². The molecular weight excluding hydrogens is 376 g/mol. The Kier molecular flexibility index (Phi) is 5.67. The maximum atomic E-state index is 13.4. The summed E-state index contributed by atoms with van der Waals surface area (Å²) in [5.41, 5.74) is 0.676. The summed E-state index contributed by atoms with van der Waals surface area (Å²) in [6.07, 6.45) is 0.759. The predicted molar refractivity (Wildman–Crippen MR) is 96.3 cm³/mol. The van der Waals surface area contributed by atoms with E-state index in [9.17, 15) is 17.2 Å². The van der Waals surface area contributed by atoms with E-state index in [4.69, 9.17) is 9.47 Å². The second-order valence-electron chi connectivity index (χ2n) is 6.70. The quantitative estimate of drug-likeness (QED) is 0.834. The molecule has 1 aliphatic heterocycles. The summed E-state index contributed by atoms with van der Waals surface area (Å²) in [5.74, 6) is -0.873. The zero-order chi connectivity index (χ0) is 19.6. The number of nitrogens with one attached hydrogen (secondary N) is 1. The first-order chi connectivity index (χ1) is 12.8. The lowest BCUT2D eigenvalue weighted by Gasteiger charge is -2.23. The fourth-order valence-electron chi connectivity index (χ4n) is 2.88. The third kappa shape index (κ3) is 4.56. The molecule has 8 heteroatoms. The van der Waals surface area contributed by atoms with Crippen molar-refractivity contribution < 1.29 is 26.7 Å². The monoisotopic (exact) mass is 397 g/mol. The molecule has 1 heterocycles. The fraction of sp³-hybridized carbons (Fsp3) is 0.368. The average Bonchev–Trinajstić information content (AvgIpc) is 2.83.